The van der Waals surface area contributed by atoms with E-state index in [1.807, 2.05) is 24.3 Å². The molecular weight excluding hydrogens is 350 g/mol. The lowest BCUT2D eigenvalue weighted by Gasteiger charge is -2.11. The lowest BCUT2D eigenvalue weighted by atomic mass is 10.2. The fraction of sp³-hybridized carbons (Fsp3) is 0.111. The van der Waals surface area contributed by atoms with E-state index in [0.29, 0.717) is 18.1 Å². The lowest BCUT2D eigenvalue weighted by Crippen LogP contribution is -2.20. The van der Waals surface area contributed by atoms with E-state index >= 15 is 0 Å². The fourth-order valence-corrected chi connectivity index (χ4v) is 2.40. The van der Waals surface area contributed by atoms with E-state index in [0.717, 1.165) is 10.5 Å². The minimum atomic E-state index is -0.332. The zero-order valence-electron chi connectivity index (χ0n) is 14.0. The third-order valence-electron chi connectivity index (χ3n) is 3.46. The molecule has 132 valence electrons. The number of nitrogens with one attached hydrogen (secondary N) is 2. The van der Waals surface area contributed by atoms with Crippen LogP contribution in [0.15, 0.2) is 59.8 Å². The Morgan fingerprint density at radius 3 is 2.77 bits per heavy atom. The summed E-state index contributed by atoms with van der Waals surface area (Å²) in [4.78, 5) is 25.3. The Bertz CT molecular complexity index is 905. The summed E-state index contributed by atoms with van der Waals surface area (Å²) >= 11 is 4.43. The zero-order chi connectivity index (χ0) is 18.4. The second-order valence-corrected chi connectivity index (χ2v) is 5.75. The Hall–Kier alpha value is -3.13. The van der Waals surface area contributed by atoms with Gasteiger partial charge in [0.25, 0.3) is 5.91 Å². The molecule has 0 aliphatic carbocycles. The van der Waals surface area contributed by atoms with Crippen LogP contribution < -0.4 is 15.4 Å². The highest BCUT2D eigenvalue weighted by Gasteiger charge is 2.12. The van der Waals surface area contributed by atoms with Gasteiger partial charge in [-0.3, -0.25) is 9.78 Å². The Kier molecular flexibility index (Phi) is 5.65. The minimum Gasteiger partial charge on any atom is -0.423 e. The van der Waals surface area contributed by atoms with Crippen molar-refractivity contribution in [3.05, 3.63) is 66.1 Å². The Morgan fingerprint density at radius 1 is 1.19 bits per heavy atom. The van der Waals surface area contributed by atoms with Gasteiger partial charge in [-0.05, 0) is 23.8 Å². The molecule has 0 bridgehead atoms. The number of rotatable bonds is 6. The van der Waals surface area contributed by atoms with Crippen LogP contribution in [-0.4, -0.2) is 27.9 Å². The van der Waals surface area contributed by atoms with E-state index in [1.165, 1.54) is 7.05 Å². The highest BCUT2D eigenvalue weighted by molar-refractivity contribution is 7.80. The first-order chi connectivity index (χ1) is 12.7. The van der Waals surface area contributed by atoms with Crippen molar-refractivity contribution in [2.24, 2.45) is 0 Å². The van der Waals surface area contributed by atoms with Gasteiger partial charge in [0.05, 0.1) is 6.20 Å². The molecule has 0 fully saturated rings. The molecule has 2 aromatic heterocycles. The van der Waals surface area contributed by atoms with Gasteiger partial charge < -0.3 is 15.4 Å². The summed E-state index contributed by atoms with van der Waals surface area (Å²) in [6.45, 7) is 0.496. The number of ether oxygens (including phenoxy) is 1. The summed E-state index contributed by atoms with van der Waals surface area (Å²) in [5.74, 6) is 0.614. The molecule has 2 heterocycles. The first-order valence-corrected chi connectivity index (χ1v) is 8.30. The predicted octanol–water partition coefficient (Wildman–Crippen LogP) is 2.92. The van der Waals surface area contributed by atoms with Crippen molar-refractivity contribution >= 4 is 24.4 Å². The van der Waals surface area contributed by atoms with Gasteiger partial charge in [-0.15, -0.1) is 12.6 Å². The van der Waals surface area contributed by atoms with Gasteiger partial charge in [0.2, 0.25) is 0 Å². The molecule has 3 aromatic rings. The molecule has 8 heteroatoms. The molecule has 0 spiro atoms. The SMILES string of the molecule is CNC(=O)c1cc(NCc2ccccc2S)nc(Oc2cccnc2)n1. The Labute approximate surface area is 156 Å². The van der Waals surface area contributed by atoms with Crippen LogP contribution in [0.2, 0.25) is 0 Å². The van der Waals surface area contributed by atoms with Crippen LogP contribution in [0.1, 0.15) is 16.1 Å². The molecule has 0 radical (unpaired) electrons. The number of carbonyl (C=O) groups excluding carboxylic acids is 1. The number of anilines is 1. The molecule has 0 atom stereocenters. The van der Waals surface area contributed by atoms with Crippen LogP contribution in [0.3, 0.4) is 0 Å². The average Bonchev–Trinajstić information content (AvgIpc) is 2.67. The van der Waals surface area contributed by atoms with Gasteiger partial charge in [0, 0.05) is 30.8 Å². The van der Waals surface area contributed by atoms with Crippen LogP contribution in [0.25, 0.3) is 0 Å². The molecule has 0 aliphatic heterocycles. The predicted molar refractivity (Wildman–Crippen MR) is 101 cm³/mol. The quantitative estimate of drug-likeness (QED) is 0.581. The number of carbonyl (C=O) groups is 1. The zero-order valence-corrected chi connectivity index (χ0v) is 14.9. The van der Waals surface area contributed by atoms with E-state index in [4.69, 9.17) is 4.74 Å². The number of thiol groups is 1. The van der Waals surface area contributed by atoms with Gasteiger partial charge >= 0.3 is 6.01 Å². The molecule has 2 N–H and O–H groups in total. The van der Waals surface area contributed by atoms with Crippen molar-refractivity contribution < 1.29 is 9.53 Å². The molecule has 0 saturated heterocycles. The summed E-state index contributed by atoms with van der Waals surface area (Å²) in [6.07, 6.45) is 3.18. The molecular formula is C18H17N5O2S. The standard InChI is InChI=1S/C18H17N5O2S/c1-19-17(24)14-9-16(21-10-12-5-2-3-7-15(12)26)23-18(22-14)25-13-6-4-8-20-11-13/h2-9,11,26H,10H2,1H3,(H,19,24)(H,21,22,23). The second kappa shape index (κ2) is 8.30. The van der Waals surface area contributed by atoms with E-state index in [9.17, 15) is 4.79 Å². The smallest absolute Gasteiger partial charge is 0.324 e. The summed E-state index contributed by atoms with van der Waals surface area (Å²) in [5.41, 5.74) is 1.20. The first kappa shape index (κ1) is 17.7. The number of hydrogen-bond acceptors (Lipinski definition) is 7. The maximum absolute atomic E-state index is 12.0. The van der Waals surface area contributed by atoms with Crippen LogP contribution in [0, 0.1) is 0 Å². The molecule has 1 aromatic carbocycles. The molecule has 3 rings (SSSR count). The van der Waals surface area contributed by atoms with Crippen molar-refractivity contribution in [3.8, 4) is 11.8 Å². The van der Waals surface area contributed by atoms with Gasteiger partial charge in [-0.25, -0.2) is 0 Å². The number of hydrogen-bond donors (Lipinski definition) is 3. The molecule has 26 heavy (non-hydrogen) atoms. The monoisotopic (exact) mass is 367 g/mol. The van der Waals surface area contributed by atoms with Gasteiger partial charge in [-0.1, -0.05) is 18.2 Å². The molecule has 0 unspecified atom stereocenters. The van der Waals surface area contributed by atoms with Crippen LogP contribution in [0.5, 0.6) is 11.8 Å². The van der Waals surface area contributed by atoms with E-state index in [2.05, 4.69) is 38.2 Å². The van der Waals surface area contributed by atoms with Crippen molar-refractivity contribution in [1.29, 1.82) is 0 Å². The minimum absolute atomic E-state index is 0.0563. The van der Waals surface area contributed by atoms with Crippen molar-refractivity contribution in [2.45, 2.75) is 11.4 Å². The maximum Gasteiger partial charge on any atom is 0.324 e. The maximum atomic E-state index is 12.0. The normalized spacial score (nSPS) is 10.2. The first-order valence-electron chi connectivity index (χ1n) is 7.85. The summed E-state index contributed by atoms with van der Waals surface area (Å²) < 4.78 is 5.61. The van der Waals surface area contributed by atoms with Crippen molar-refractivity contribution in [1.82, 2.24) is 20.3 Å². The molecule has 0 saturated carbocycles. The summed E-state index contributed by atoms with van der Waals surface area (Å²) in [5, 5.41) is 5.72. The van der Waals surface area contributed by atoms with E-state index in [1.54, 1.807) is 30.6 Å². The number of amides is 1. The molecule has 7 nitrogen and oxygen atoms in total. The van der Waals surface area contributed by atoms with E-state index < -0.39 is 0 Å². The fourth-order valence-electron chi connectivity index (χ4n) is 2.16. The Morgan fingerprint density at radius 2 is 2.04 bits per heavy atom. The van der Waals surface area contributed by atoms with Crippen LogP contribution >= 0.6 is 12.6 Å². The third kappa shape index (κ3) is 4.48. The van der Waals surface area contributed by atoms with E-state index in [-0.39, 0.29) is 17.6 Å². The van der Waals surface area contributed by atoms with Crippen molar-refractivity contribution in [2.75, 3.05) is 12.4 Å². The average molecular weight is 367 g/mol. The summed E-state index contributed by atoms with van der Waals surface area (Å²) in [7, 11) is 1.54. The summed E-state index contributed by atoms with van der Waals surface area (Å²) in [6, 6.07) is 12.8. The van der Waals surface area contributed by atoms with Gasteiger partial charge in [0.15, 0.2) is 0 Å². The van der Waals surface area contributed by atoms with Crippen molar-refractivity contribution in [3.63, 3.8) is 0 Å². The topological polar surface area (TPSA) is 89.0 Å². The lowest BCUT2D eigenvalue weighted by molar-refractivity contribution is 0.0957. The largest absolute Gasteiger partial charge is 0.423 e. The number of aromatic nitrogens is 3. The van der Waals surface area contributed by atoms with Crippen LogP contribution in [0.4, 0.5) is 5.82 Å². The number of nitrogens with zero attached hydrogens (tertiary/aromatic N) is 3. The Balaban J connectivity index is 1.85. The van der Waals surface area contributed by atoms with Gasteiger partial charge in [-0.2, -0.15) is 9.97 Å². The number of benzene rings is 1. The molecule has 0 aliphatic rings. The molecule has 1 amide bonds. The third-order valence-corrected chi connectivity index (χ3v) is 3.90. The number of pyridine rings is 1. The highest BCUT2D eigenvalue weighted by atomic mass is 32.1. The van der Waals surface area contributed by atoms with Crippen LogP contribution in [-0.2, 0) is 6.54 Å². The van der Waals surface area contributed by atoms with Gasteiger partial charge in [0.1, 0.15) is 17.3 Å². The second-order valence-electron chi connectivity index (χ2n) is 5.27. The highest BCUT2D eigenvalue weighted by Crippen LogP contribution is 2.20.